The van der Waals surface area contributed by atoms with Crippen molar-refractivity contribution >= 4 is 29.3 Å². The first-order chi connectivity index (χ1) is 11.7. The number of benzene rings is 2. The highest BCUT2D eigenvalue weighted by molar-refractivity contribution is 6.32. The zero-order chi connectivity index (χ0) is 16.9. The number of rotatable bonds is 4. The molecule has 0 aromatic heterocycles. The van der Waals surface area contributed by atoms with E-state index in [1.807, 2.05) is 12.1 Å². The molecule has 24 heavy (non-hydrogen) atoms. The van der Waals surface area contributed by atoms with Gasteiger partial charge in [-0.3, -0.25) is 4.79 Å². The molecule has 1 aliphatic rings. The summed E-state index contributed by atoms with van der Waals surface area (Å²) in [6.45, 7) is 0.952. The maximum atomic E-state index is 12.1. The lowest BCUT2D eigenvalue weighted by Crippen LogP contribution is -2.15. The summed E-state index contributed by atoms with van der Waals surface area (Å²) in [4.78, 5) is 12.1. The zero-order valence-electron chi connectivity index (χ0n) is 13.0. The molecule has 1 N–H and O–H groups in total. The van der Waals surface area contributed by atoms with Crippen LogP contribution in [0.15, 0.2) is 42.5 Å². The number of carbonyl (C=O) groups excluding carboxylic acids is 1. The van der Waals surface area contributed by atoms with Gasteiger partial charge in [0.1, 0.15) is 19.0 Å². The molecule has 6 heteroatoms. The Balaban J connectivity index is 1.73. The number of carbonyl (C=O) groups is 1. The fourth-order valence-electron chi connectivity index (χ4n) is 2.32. The molecule has 0 spiro atoms. The molecule has 0 atom stereocenters. The molecule has 0 bridgehead atoms. The van der Waals surface area contributed by atoms with Crippen molar-refractivity contribution in [2.45, 2.75) is 0 Å². The largest absolute Gasteiger partial charge is 0.495 e. The van der Waals surface area contributed by atoms with Gasteiger partial charge >= 0.3 is 0 Å². The van der Waals surface area contributed by atoms with Crippen molar-refractivity contribution < 1.29 is 19.0 Å². The first-order valence-electron chi connectivity index (χ1n) is 7.38. The minimum Gasteiger partial charge on any atom is -0.495 e. The summed E-state index contributed by atoms with van der Waals surface area (Å²) >= 11 is 6.18. The number of fused-ring (bicyclic) bond motifs is 1. The van der Waals surface area contributed by atoms with Crippen LogP contribution < -0.4 is 19.5 Å². The number of para-hydroxylation sites is 2. The standard InChI is InChI=1S/C18H16ClNO4/c1-22-15-5-3-2-4-14(15)20-17(21)7-6-12-10-13(19)18-16(11-12)23-8-9-24-18/h2-7,10-11H,8-9H2,1H3,(H,20,21)/b7-6+. The minimum absolute atomic E-state index is 0.273. The van der Waals surface area contributed by atoms with Crippen LogP contribution in [0.2, 0.25) is 5.02 Å². The highest BCUT2D eigenvalue weighted by Gasteiger charge is 2.16. The summed E-state index contributed by atoms with van der Waals surface area (Å²) in [6.07, 6.45) is 3.09. The summed E-state index contributed by atoms with van der Waals surface area (Å²) in [5.74, 6) is 1.45. The molecule has 0 aliphatic carbocycles. The van der Waals surface area contributed by atoms with E-state index in [1.165, 1.54) is 6.08 Å². The lowest BCUT2D eigenvalue weighted by Gasteiger charge is -2.19. The molecule has 1 heterocycles. The summed E-state index contributed by atoms with van der Waals surface area (Å²) in [5, 5.41) is 3.22. The van der Waals surface area contributed by atoms with Crippen LogP contribution in [0.3, 0.4) is 0 Å². The smallest absolute Gasteiger partial charge is 0.248 e. The zero-order valence-corrected chi connectivity index (χ0v) is 13.8. The third-order valence-corrected chi connectivity index (χ3v) is 3.69. The summed E-state index contributed by atoms with van der Waals surface area (Å²) < 4.78 is 16.2. The molecule has 124 valence electrons. The van der Waals surface area contributed by atoms with Crippen LogP contribution >= 0.6 is 11.6 Å². The van der Waals surface area contributed by atoms with Crippen LogP contribution in [-0.4, -0.2) is 26.2 Å². The van der Waals surface area contributed by atoms with Crippen molar-refractivity contribution in [3.8, 4) is 17.2 Å². The number of hydrogen-bond acceptors (Lipinski definition) is 4. The van der Waals surface area contributed by atoms with Crippen LogP contribution in [0.4, 0.5) is 5.69 Å². The van der Waals surface area contributed by atoms with Crippen molar-refractivity contribution in [1.82, 2.24) is 0 Å². The van der Waals surface area contributed by atoms with Gasteiger partial charge in [0.15, 0.2) is 11.5 Å². The van der Waals surface area contributed by atoms with E-state index in [9.17, 15) is 4.79 Å². The molecule has 1 aliphatic heterocycles. The Hall–Kier alpha value is -2.66. The van der Waals surface area contributed by atoms with Crippen molar-refractivity contribution in [3.63, 3.8) is 0 Å². The van der Waals surface area contributed by atoms with Crippen molar-refractivity contribution in [2.24, 2.45) is 0 Å². The average molecular weight is 346 g/mol. The number of hydrogen-bond donors (Lipinski definition) is 1. The number of ether oxygens (including phenoxy) is 3. The summed E-state index contributed by atoms with van der Waals surface area (Å²) in [6, 6.07) is 10.7. The molecular formula is C18H16ClNO4. The molecule has 0 saturated carbocycles. The van der Waals surface area contributed by atoms with Crippen LogP contribution in [0.1, 0.15) is 5.56 Å². The number of methoxy groups -OCH3 is 1. The topological polar surface area (TPSA) is 56.8 Å². The Kier molecular flexibility index (Phi) is 4.91. The molecule has 3 rings (SSSR count). The second-order valence-electron chi connectivity index (χ2n) is 5.05. The number of amides is 1. The maximum absolute atomic E-state index is 12.1. The number of halogens is 1. The normalized spacial score (nSPS) is 12.9. The van der Waals surface area contributed by atoms with E-state index in [0.29, 0.717) is 41.2 Å². The Labute approximate surface area is 144 Å². The molecule has 2 aromatic carbocycles. The summed E-state index contributed by atoms with van der Waals surface area (Å²) in [5.41, 5.74) is 1.36. The lowest BCUT2D eigenvalue weighted by atomic mass is 10.1. The van der Waals surface area contributed by atoms with E-state index in [2.05, 4.69) is 5.32 Å². The second kappa shape index (κ2) is 7.27. The molecule has 1 amide bonds. The van der Waals surface area contributed by atoms with Gasteiger partial charge in [0.25, 0.3) is 0 Å². The highest BCUT2D eigenvalue weighted by Crippen LogP contribution is 2.38. The van der Waals surface area contributed by atoms with Crippen molar-refractivity contribution in [3.05, 3.63) is 53.1 Å². The molecule has 0 fully saturated rings. The maximum Gasteiger partial charge on any atom is 0.248 e. The van der Waals surface area contributed by atoms with E-state index in [1.54, 1.807) is 37.5 Å². The molecule has 2 aromatic rings. The minimum atomic E-state index is -0.273. The Morgan fingerprint density at radius 1 is 1.25 bits per heavy atom. The van der Waals surface area contributed by atoms with Gasteiger partial charge in [0.2, 0.25) is 5.91 Å². The fraction of sp³-hybridized carbons (Fsp3) is 0.167. The third-order valence-electron chi connectivity index (χ3n) is 3.41. The first-order valence-corrected chi connectivity index (χ1v) is 7.76. The van der Waals surface area contributed by atoms with Gasteiger partial charge in [-0.1, -0.05) is 23.7 Å². The second-order valence-corrected chi connectivity index (χ2v) is 5.46. The monoisotopic (exact) mass is 345 g/mol. The van der Waals surface area contributed by atoms with Gasteiger partial charge in [0.05, 0.1) is 17.8 Å². The third kappa shape index (κ3) is 3.63. The molecule has 5 nitrogen and oxygen atoms in total. The van der Waals surface area contributed by atoms with Gasteiger partial charge in [-0.05, 0) is 35.9 Å². The van der Waals surface area contributed by atoms with E-state index in [4.69, 9.17) is 25.8 Å². The van der Waals surface area contributed by atoms with Crippen LogP contribution in [0, 0.1) is 0 Å². The predicted molar refractivity (Wildman–Crippen MR) is 93.1 cm³/mol. The van der Waals surface area contributed by atoms with Gasteiger partial charge in [0, 0.05) is 6.08 Å². The summed E-state index contributed by atoms with van der Waals surface area (Å²) in [7, 11) is 1.55. The molecule has 0 radical (unpaired) electrons. The molecular weight excluding hydrogens is 330 g/mol. The van der Waals surface area contributed by atoms with E-state index in [0.717, 1.165) is 5.56 Å². The average Bonchev–Trinajstić information content (AvgIpc) is 2.60. The lowest BCUT2D eigenvalue weighted by molar-refractivity contribution is -0.111. The molecule has 0 saturated heterocycles. The highest BCUT2D eigenvalue weighted by atomic mass is 35.5. The quantitative estimate of drug-likeness (QED) is 0.857. The van der Waals surface area contributed by atoms with Crippen LogP contribution in [0.5, 0.6) is 17.2 Å². The predicted octanol–water partition coefficient (Wildman–Crippen LogP) is 3.77. The van der Waals surface area contributed by atoms with E-state index < -0.39 is 0 Å². The first kappa shape index (κ1) is 16.2. The van der Waals surface area contributed by atoms with Crippen molar-refractivity contribution in [1.29, 1.82) is 0 Å². The van der Waals surface area contributed by atoms with E-state index >= 15 is 0 Å². The number of anilines is 1. The van der Waals surface area contributed by atoms with Crippen LogP contribution in [0.25, 0.3) is 6.08 Å². The Morgan fingerprint density at radius 3 is 2.88 bits per heavy atom. The van der Waals surface area contributed by atoms with Gasteiger partial charge in [-0.15, -0.1) is 0 Å². The van der Waals surface area contributed by atoms with Gasteiger partial charge in [-0.25, -0.2) is 0 Å². The number of nitrogens with one attached hydrogen (secondary N) is 1. The SMILES string of the molecule is COc1ccccc1NC(=O)/C=C/c1cc(Cl)c2c(c1)OCCO2. The van der Waals surface area contributed by atoms with Gasteiger partial charge < -0.3 is 19.5 Å². The molecule has 0 unspecified atom stereocenters. The van der Waals surface area contributed by atoms with Gasteiger partial charge in [-0.2, -0.15) is 0 Å². The fourth-order valence-corrected chi connectivity index (χ4v) is 2.59. The van der Waals surface area contributed by atoms with Crippen molar-refractivity contribution in [2.75, 3.05) is 25.6 Å². The van der Waals surface area contributed by atoms with Crippen LogP contribution in [-0.2, 0) is 4.79 Å². The Bertz CT molecular complexity index is 789. The Morgan fingerprint density at radius 2 is 2.04 bits per heavy atom. The van der Waals surface area contributed by atoms with E-state index in [-0.39, 0.29) is 5.91 Å².